The summed E-state index contributed by atoms with van der Waals surface area (Å²) < 4.78 is 15.0. The Hall–Kier alpha value is -2.25. The van der Waals surface area contributed by atoms with E-state index in [0.717, 1.165) is 0 Å². The van der Waals surface area contributed by atoms with Crippen molar-refractivity contribution in [3.05, 3.63) is 69.9 Å². The van der Waals surface area contributed by atoms with Gasteiger partial charge in [-0.15, -0.1) is 0 Å². The number of aromatic nitrogens is 3. The molecule has 0 atom stereocenters. The molecule has 3 aromatic rings. The molecule has 3 rings (SSSR count). The molecular weight excluding hydrogens is 387 g/mol. The van der Waals surface area contributed by atoms with Crippen LogP contribution in [-0.4, -0.2) is 20.7 Å². The third kappa shape index (κ3) is 3.40. The van der Waals surface area contributed by atoms with E-state index in [9.17, 15) is 9.18 Å². The SMILES string of the molecule is O=C(Nc1cc(Cl)ccc1-n1cncn1)c1ccc(F)cc1Br. The summed E-state index contributed by atoms with van der Waals surface area (Å²) in [6.45, 7) is 0. The summed E-state index contributed by atoms with van der Waals surface area (Å²) in [4.78, 5) is 16.3. The summed E-state index contributed by atoms with van der Waals surface area (Å²) in [5, 5.41) is 7.25. The van der Waals surface area contributed by atoms with Crippen molar-refractivity contribution in [2.75, 3.05) is 5.32 Å². The predicted octanol–water partition coefficient (Wildman–Crippen LogP) is 4.07. The number of anilines is 1. The van der Waals surface area contributed by atoms with E-state index >= 15 is 0 Å². The molecule has 116 valence electrons. The van der Waals surface area contributed by atoms with E-state index in [1.807, 2.05) is 0 Å². The molecule has 5 nitrogen and oxygen atoms in total. The summed E-state index contributed by atoms with van der Waals surface area (Å²) in [5.41, 5.74) is 1.37. The Labute approximate surface area is 144 Å². The predicted molar refractivity (Wildman–Crippen MR) is 88.4 cm³/mol. The van der Waals surface area contributed by atoms with Gasteiger partial charge in [0.15, 0.2) is 0 Å². The Kier molecular flexibility index (Phi) is 4.40. The Bertz CT molecular complexity index is 870. The summed E-state index contributed by atoms with van der Waals surface area (Å²) in [6.07, 6.45) is 2.89. The molecule has 0 bridgehead atoms. The number of rotatable bonds is 3. The molecule has 23 heavy (non-hydrogen) atoms. The van der Waals surface area contributed by atoms with Crippen LogP contribution >= 0.6 is 27.5 Å². The number of carbonyl (C=O) groups excluding carboxylic acids is 1. The van der Waals surface area contributed by atoms with Gasteiger partial charge in [0.05, 0.1) is 16.9 Å². The van der Waals surface area contributed by atoms with Crippen LogP contribution in [0.4, 0.5) is 10.1 Å². The van der Waals surface area contributed by atoms with E-state index in [-0.39, 0.29) is 0 Å². The molecule has 0 aliphatic carbocycles. The van der Waals surface area contributed by atoms with Gasteiger partial charge in [-0.2, -0.15) is 5.10 Å². The van der Waals surface area contributed by atoms with Crippen LogP contribution in [0.25, 0.3) is 5.69 Å². The number of benzene rings is 2. The van der Waals surface area contributed by atoms with Crippen LogP contribution in [0.1, 0.15) is 10.4 Å². The summed E-state index contributed by atoms with van der Waals surface area (Å²) in [7, 11) is 0. The number of nitrogens with zero attached hydrogens (tertiary/aromatic N) is 3. The maximum atomic E-state index is 13.1. The second kappa shape index (κ2) is 6.47. The third-order valence-corrected chi connectivity index (χ3v) is 3.94. The van der Waals surface area contributed by atoms with E-state index < -0.39 is 11.7 Å². The number of hydrogen-bond donors (Lipinski definition) is 1. The van der Waals surface area contributed by atoms with Gasteiger partial charge in [-0.25, -0.2) is 14.1 Å². The molecular formula is C15H9BrClFN4O. The quantitative estimate of drug-likeness (QED) is 0.727. The van der Waals surface area contributed by atoms with Gasteiger partial charge in [0, 0.05) is 9.50 Å². The fourth-order valence-electron chi connectivity index (χ4n) is 2.00. The van der Waals surface area contributed by atoms with Gasteiger partial charge < -0.3 is 5.32 Å². The second-order valence-corrected chi connectivity index (χ2v) is 5.87. The van der Waals surface area contributed by atoms with Crippen molar-refractivity contribution in [1.29, 1.82) is 0 Å². The normalized spacial score (nSPS) is 10.6. The highest BCUT2D eigenvalue weighted by Gasteiger charge is 2.14. The lowest BCUT2D eigenvalue weighted by Crippen LogP contribution is -2.14. The first-order chi connectivity index (χ1) is 11.0. The van der Waals surface area contributed by atoms with Gasteiger partial charge in [0.1, 0.15) is 18.5 Å². The molecule has 2 aromatic carbocycles. The zero-order chi connectivity index (χ0) is 16.4. The van der Waals surface area contributed by atoms with Gasteiger partial charge in [-0.3, -0.25) is 4.79 Å². The highest BCUT2D eigenvalue weighted by Crippen LogP contribution is 2.26. The van der Waals surface area contributed by atoms with Crippen molar-refractivity contribution in [3.8, 4) is 5.69 Å². The topological polar surface area (TPSA) is 59.8 Å². The van der Waals surface area contributed by atoms with Crippen molar-refractivity contribution in [3.63, 3.8) is 0 Å². The molecule has 0 aliphatic rings. The Balaban J connectivity index is 1.96. The fraction of sp³-hybridized carbons (Fsp3) is 0. The molecule has 0 saturated heterocycles. The van der Waals surface area contributed by atoms with Crippen LogP contribution < -0.4 is 5.32 Å². The molecule has 0 spiro atoms. The molecule has 0 aliphatic heterocycles. The van der Waals surface area contributed by atoms with E-state index in [1.165, 1.54) is 35.5 Å². The van der Waals surface area contributed by atoms with Crippen LogP contribution in [0.3, 0.4) is 0 Å². The van der Waals surface area contributed by atoms with Gasteiger partial charge in [0.2, 0.25) is 0 Å². The number of carbonyl (C=O) groups is 1. The summed E-state index contributed by atoms with van der Waals surface area (Å²) in [5.74, 6) is -0.833. The first-order valence-electron chi connectivity index (χ1n) is 6.45. The van der Waals surface area contributed by atoms with Crippen molar-refractivity contribution < 1.29 is 9.18 Å². The number of hydrogen-bond acceptors (Lipinski definition) is 3. The average molecular weight is 396 g/mol. The minimum absolute atomic E-state index is 0.302. The molecule has 1 aromatic heterocycles. The lowest BCUT2D eigenvalue weighted by molar-refractivity contribution is 0.102. The number of amides is 1. The molecule has 8 heteroatoms. The van der Waals surface area contributed by atoms with Gasteiger partial charge in [-0.1, -0.05) is 11.6 Å². The molecule has 0 radical (unpaired) electrons. The third-order valence-electron chi connectivity index (χ3n) is 3.05. The number of nitrogens with one attached hydrogen (secondary N) is 1. The molecule has 0 saturated carbocycles. The maximum Gasteiger partial charge on any atom is 0.256 e. The fourth-order valence-corrected chi connectivity index (χ4v) is 2.71. The van der Waals surface area contributed by atoms with Crippen molar-refractivity contribution in [2.45, 2.75) is 0 Å². The Morgan fingerprint density at radius 1 is 1.26 bits per heavy atom. The minimum Gasteiger partial charge on any atom is -0.320 e. The maximum absolute atomic E-state index is 13.1. The van der Waals surface area contributed by atoms with E-state index in [1.54, 1.807) is 18.2 Å². The lowest BCUT2D eigenvalue weighted by atomic mass is 10.2. The van der Waals surface area contributed by atoms with E-state index in [2.05, 4.69) is 31.3 Å². The van der Waals surface area contributed by atoms with E-state index in [0.29, 0.717) is 26.4 Å². The zero-order valence-corrected chi connectivity index (χ0v) is 13.8. The van der Waals surface area contributed by atoms with Crippen LogP contribution in [0, 0.1) is 5.82 Å². The lowest BCUT2D eigenvalue weighted by Gasteiger charge is -2.12. The standard InChI is InChI=1S/C15H9BrClFN4O/c16-12-6-10(18)2-3-11(12)15(23)21-13-5-9(17)1-4-14(13)22-8-19-7-20-22/h1-8H,(H,21,23). The molecule has 1 heterocycles. The largest absolute Gasteiger partial charge is 0.320 e. The molecule has 1 N–H and O–H groups in total. The molecule has 0 unspecified atom stereocenters. The highest BCUT2D eigenvalue weighted by atomic mass is 79.9. The van der Waals surface area contributed by atoms with Crippen LogP contribution in [0.5, 0.6) is 0 Å². The highest BCUT2D eigenvalue weighted by molar-refractivity contribution is 9.10. The number of halogens is 3. The summed E-state index contributed by atoms with van der Waals surface area (Å²) in [6, 6.07) is 8.85. The first kappa shape index (κ1) is 15.6. The van der Waals surface area contributed by atoms with Crippen LogP contribution in [0.15, 0.2) is 53.5 Å². The van der Waals surface area contributed by atoms with Crippen LogP contribution in [-0.2, 0) is 0 Å². The van der Waals surface area contributed by atoms with Gasteiger partial charge >= 0.3 is 0 Å². The van der Waals surface area contributed by atoms with Crippen LogP contribution in [0.2, 0.25) is 5.02 Å². The smallest absolute Gasteiger partial charge is 0.256 e. The van der Waals surface area contributed by atoms with Crippen molar-refractivity contribution in [1.82, 2.24) is 14.8 Å². The monoisotopic (exact) mass is 394 g/mol. The van der Waals surface area contributed by atoms with Crippen molar-refractivity contribution >= 4 is 39.1 Å². The zero-order valence-electron chi connectivity index (χ0n) is 11.5. The second-order valence-electron chi connectivity index (χ2n) is 4.58. The van der Waals surface area contributed by atoms with Crippen molar-refractivity contribution in [2.24, 2.45) is 0 Å². The van der Waals surface area contributed by atoms with Gasteiger partial charge in [0.25, 0.3) is 5.91 Å². The minimum atomic E-state index is -0.431. The Morgan fingerprint density at radius 3 is 2.78 bits per heavy atom. The molecule has 0 fully saturated rings. The average Bonchev–Trinajstić information content (AvgIpc) is 3.01. The molecule has 1 amide bonds. The first-order valence-corrected chi connectivity index (χ1v) is 7.62. The summed E-state index contributed by atoms with van der Waals surface area (Å²) >= 11 is 9.18. The van der Waals surface area contributed by atoms with E-state index in [4.69, 9.17) is 11.6 Å². The Morgan fingerprint density at radius 2 is 2.09 bits per heavy atom. The van der Waals surface area contributed by atoms with Gasteiger partial charge in [-0.05, 0) is 52.3 Å².